The Morgan fingerprint density at radius 2 is 2.15 bits per heavy atom. The van der Waals surface area contributed by atoms with Crippen LogP contribution < -0.4 is 10.1 Å². The molecule has 0 spiro atoms. The Balaban J connectivity index is 1.56. The second-order valence-corrected chi connectivity index (χ2v) is 8.66. The van der Waals surface area contributed by atoms with E-state index in [1.807, 2.05) is 11.9 Å². The lowest BCUT2D eigenvalue weighted by atomic mass is 10.0. The molecule has 3 aromatic heterocycles. The molecule has 12 heteroatoms. The molecule has 4 aromatic rings. The van der Waals surface area contributed by atoms with Crippen LogP contribution >= 0.6 is 0 Å². The van der Waals surface area contributed by atoms with E-state index in [4.69, 9.17) is 4.74 Å². The molecule has 0 unspecified atom stereocenters. The third-order valence-corrected chi connectivity index (χ3v) is 6.03. The highest BCUT2D eigenvalue weighted by atomic mass is 19.1. The summed E-state index contributed by atoms with van der Waals surface area (Å²) in [5.41, 5.74) is 2.22. The molecule has 1 N–H and O–H groups in total. The second-order valence-electron chi connectivity index (χ2n) is 8.66. The summed E-state index contributed by atoms with van der Waals surface area (Å²) in [7, 11) is 3.30. The van der Waals surface area contributed by atoms with Crippen LogP contribution in [0.5, 0.6) is 5.88 Å². The third kappa shape index (κ3) is 4.02. The fourth-order valence-electron chi connectivity index (χ4n) is 4.38. The summed E-state index contributed by atoms with van der Waals surface area (Å²) in [6.45, 7) is 2.53. The number of likely N-dealkylation sites (tertiary alicyclic amines) is 1. The summed E-state index contributed by atoms with van der Waals surface area (Å²) in [5, 5.41) is 15.4. The van der Waals surface area contributed by atoms with Gasteiger partial charge in [-0.3, -0.25) is 0 Å². The Bertz CT molecular complexity index is 1340. The Morgan fingerprint density at radius 3 is 2.88 bits per heavy atom. The molecule has 180 valence electrons. The molecule has 1 fully saturated rings. The van der Waals surface area contributed by atoms with E-state index in [9.17, 15) is 8.78 Å². The van der Waals surface area contributed by atoms with Crippen LogP contribution in [0.1, 0.15) is 13.3 Å². The average Bonchev–Trinajstić information content (AvgIpc) is 3.34. The van der Waals surface area contributed by atoms with Crippen LogP contribution in [-0.4, -0.2) is 80.1 Å². The van der Waals surface area contributed by atoms with Crippen molar-refractivity contribution in [3.8, 4) is 17.0 Å². The number of methoxy groups -OCH3 is 1. The zero-order valence-corrected chi connectivity index (χ0v) is 19.0. The number of halogens is 3. The first-order chi connectivity index (χ1) is 16.3. The van der Waals surface area contributed by atoms with E-state index in [1.54, 1.807) is 18.2 Å². The van der Waals surface area contributed by atoms with Gasteiger partial charge in [-0.1, -0.05) is 11.3 Å². The first-order valence-electron chi connectivity index (χ1n) is 11.0. The number of benzene rings is 1. The van der Waals surface area contributed by atoms with Gasteiger partial charge in [0.15, 0.2) is 5.82 Å². The van der Waals surface area contributed by atoms with Gasteiger partial charge in [-0.2, -0.15) is 4.98 Å². The number of rotatable bonds is 6. The van der Waals surface area contributed by atoms with Gasteiger partial charge < -0.3 is 15.0 Å². The lowest BCUT2D eigenvalue weighted by molar-refractivity contribution is 0.149. The summed E-state index contributed by atoms with van der Waals surface area (Å²) >= 11 is 0. The van der Waals surface area contributed by atoms with Crippen molar-refractivity contribution in [2.75, 3.05) is 32.6 Å². The molecular weight excluding hydrogens is 449 g/mol. The Morgan fingerprint density at radius 1 is 1.32 bits per heavy atom. The first-order valence-corrected chi connectivity index (χ1v) is 11.0. The minimum absolute atomic E-state index is 0.0347. The first kappa shape index (κ1) is 22.4. The van der Waals surface area contributed by atoms with Crippen LogP contribution in [0.4, 0.5) is 19.1 Å². The van der Waals surface area contributed by atoms with Crippen molar-refractivity contribution in [3.05, 3.63) is 30.2 Å². The van der Waals surface area contributed by atoms with E-state index in [-0.39, 0.29) is 23.9 Å². The van der Waals surface area contributed by atoms with Crippen molar-refractivity contribution in [2.24, 2.45) is 0 Å². The molecule has 0 radical (unpaired) electrons. The monoisotopic (exact) mass is 474 g/mol. The van der Waals surface area contributed by atoms with E-state index >= 15 is 4.39 Å². The number of fused-ring (bicyclic) bond motifs is 2. The summed E-state index contributed by atoms with van der Waals surface area (Å²) in [5.74, 6) is -0.244. The summed E-state index contributed by atoms with van der Waals surface area (Å²) in [6, 6.07) is 4.65. The SMILES string of the molecule is COc1nc(N[C@H]2CCN(C)C[C@H]2F)nn2cc(F)c(-c3ccc4nnn(C[C@@H](C)F)c4c3)c12. The van der Waals surface area contributed by atoms with Crippen molar-refractivity contribution in [1.82, 2.24) is 34.5 Å². The normalized spacial score (nSPS) is 20.2. The summed E-state index contributed by atoms with van der Waals surface area (Å²) in [4.78, 5) is 6.31. The van der Waals surface area contributed by atoms with Crippen LogP contribution in [0.15, 0.2) is 24.4 Å². The molecule has 9 nitrogen and oxygen atoms in total. The summed E-state index contributed by atoms with van der Waals surface area (Å²) < 4.78 is 51.5. The Hall–Kier alpha value is -3.41. The zero-order valence-electron chi connectivity index (χ0n) is 19.0. The standard InChI is InChI=1S/C22H25F3N8O/c1-12(23)9-32-18-8-13(4-5-17(18)28-30-32)19-15(25)11-33-20(19)21(34-3)27-22(29-33)26-16-6-7-31(2)10-14(16)24/h4-5,8,11-12,14,16H,6-7,9-10H2,1-3H3,(H,26,29)/t12-,14-,16+/m1/s1. The molecule has 0 amide bonds. The number of nitrogens with zero attached hydrogens (tertiary/aromatic N) is 7. The number of aromatic nitrogens is 6. The molecule has 1 saturated heterocycles. The number of alkyl halides is 2. The minimum atomic E-state index is -1.12. The molecule has 0 aliphatic carbocycles. The second kappa shape index (κ2) is 8.75. The maximum atomic E-state index is 15.2. The Labute approximate surface area is 193 Å². The molecular formula is C22H25F3N8O. The molecule has 4 heterocycles. The Kier molecular flexibility index (Phi) is 5.76. The lowest BCUT2D eigenvalue weighted by Gasteiger charge is -2.32. The van der Waals surface area contributed by atoms with Gasteiger partial charge in [0.25, 0.3) is 0 Å². The van der Waals surface area contributed by atoms with Gasteiger partial charge in [-0.05, 0) is 38.1 Å². The van der Waals surface area contributed by atoms with Gasteiger partial charge in [0.2, 0.25) is 11.8 Å². The predicted molar refractivity (Wildman–Crippen MR) is 121 cm³/mol. The van der Waals surface area contributed by atoms with Crippen molar-refractivity contribution in [1.29, 1.82) is 0 Å². The molecule has 34 heavy (non-hydrogen) atoms. The van der Waals surface area contributed by atoms with E-state index < -0.39 is 24.2 Å². The van der Waals surface area contributed by atoms with Gasteiger partial charge in [0.05, 0.1) is 37.0 Å². The van der Waals surface area contributed by atoms with E-state index in [2.05, 4.69) is 25.7 Å². The van der Waals surface area contributed by atoms with Crippen LogP contribution in [0, 0.1) is 5.82 Å². The van der Waals surface area contributed by atoms with Crippen LogP contribution in [0.25, 0.3) is 27.7 Å². The lowest BCUT2D eigenvalue weighted by Crippen LogP contribution is -2.46. The number of nitrogens with one attached hydrogen (secondary N) is 1. The number of hydrogen-bond acceptors (Lipinski definition) is 7. The number of ether oxygens (including phenoxy) is 1. The van der Waals surface area contributed by atoms with E-state index in [0.29, 0.717) is 35.1 Å². The quantitative estimate of drug-likeness (QED) is 0.460. The zero-order chi connectivity index (χ0) is 24.0. The van der Waals surface area contributed by atoms with Crippen LogP contribution in [-0.2, 0) is 6.54 Å². The third-order valence-electron chi connectivity index (χ3n) is 6.03. The highest BCUT2D eigenvalue weighted by Crippen LogP contribution is 2.35. The molecule has 5 rings (SSSR count). The van der Waals surface area contributed by atoms with Crippen molar-refractivity contribution < 1.29 is 17.9 Å². The van der Waals surface area contributed by atoms with Crippen molar-refractivity contribution in [2.45, 2.75) is 38.3 Å². The van der Waals surface area contributed by atoms with Crippen LogP contribution in [0.3, 0.4) is 0 Å². The minimum Gasteiger partial charge on any atom is -0.479 e. The topological polar surface area (TPSA) is 85.4 Å². The highest BCUT2D eigenvalue weighted by Gasteiger charge is 2.29. The van der Waals surface area contributed by atoms with Gasteiger partial charge >= 0.3 is 0 Å². The van der Waals surface area contributed by atoms with Crippen molar-refractivity contribution >= 4 is 22.5 Å². The molecule has 1 aliphatic rings. The molecule has 1 aliphatic heterocycles. The maximum Gasteiger partial charge on any atom is 0.244 e. The average molecular weight is 474 g/mol. The number of hydrogen-bond donors (Lipinski definition) is 1. The predicted octanol–water partition coefficient (Wildman–Crippen LogP) is 3.10. The van der Waals surface area contributed by atoms with Gasteiger partial charge in [-0.15, -0.1) is 10.2 Å². The highest BCUT2D eigenvalue weighted by molar-refractivity contribution is 5.89. The fraction of sp³-hybridized carbons (Fsp3) is 0.455. The largest absolute Gasteiger partial charge is 0.479 e. The molecule has 1 aromatic carbocycles. The van der Waals surface area contributed by atoms with Crippen molar-refractivity contribution in [3.63, 3.8) is 0 Å². The number of anilines is 1. The van der Waals surface area contributed by atoms with E-state index in [0.717, 1.165) is 6.54 Å². The molecule has 3 atom stereocenters. The summed E-state index contributed by atoms with van der Waals surface area (Å²) in [6.07, 6.45) is -0.386. The molecule has 0 saturated carbocycles. The van der Waals surface area contributed by atoms with Gasteiger partial charge in [0, 0.05) is 13.1 Å². The molecule has 0 bridgehead atoms. The van der Waals surface area contributed by atoms with Gasteiger partial charge in [0.1, 0.15) is 23.4 Å². The number of piperidine rings is 1. The smallest absolute Gasteiger partial charge is 0.244 e. The van der Waals surface area contributed by atoms with E-state index in [1.165, 1.54) is 29.4 Å². The van der Waals surface area contributed by atoms with Crippen LogP contribution in [0.2, 0.25) is 0 Å². The van der Waals surface area contributed by atoms with Gasteiger partial charge in [-0.25, -0.2) is 22.4 Å². The fourth-order valence-corrected chi connectivity index (χ4v) is 4.38. The maximum absolute atomic E-state index is 15.2.